The zero-order chi connectivity index (χ0) is 18.0. The van der Waals surface area contributed by atoms with Crippen LogP contribution in [0.2, 0.25) is 0 Å². The van der Waals surface area contributed by atoms with Gasteiger partial charge < -0.3 is 10.6 Å². The van der Waals surface area contributed by atoms with Crippen LogP contribution < -0.4 is 10.6 Å². The molecule has 1 aliphatic rings. The summed E-state index contributed by atoms with van der Waals surface area (Å²) >= 11 is 0. The van der Waals surface area contributed by atoms with Gasteiger partial charge in [0.05, 0.1) is 4.90 Å². The van der Waals surface area contributed by atoms with Crippen molar-refractivity contribution in [1.29, 1.82) is 0 Å². The Morgan fingerprint density at radius 1 is 1.12 bits per heavy atom. The Morgan fingerprint density at radius 2 is 1.73 bits per heavy atom. The van der Waals surface area contributed by atoms with Gasteiger partial charge >= 0.3 is 0 Å². The topological polar surface area (TPSA) is 78.5 Å². The maximum atomic E-state index is 13.2. The smallest absolute Gasteiger partial charge is 0.243 e. The third-order valence-corrected chi connectivity index (χ3v) is 6.64. The Hall–Kier alpha value is -1.67. The molecule has 2 N–H and O–H groups in total. The molecular weight excluding hydrogens is 374 g/mol. The summed E-state index contributed by atoms with van der Waals surface area (Å²) < 4.78 is 27.9. The first-order valence-electron chi connectivity index (χ1n) is 8.39. The number of anilines is 1. The number of amides is 1. The molecule has 142 valence electrons. The molecule has 2 aromatic carbocycles. The Morgan fingerprint density at radius 3 is 2.35 bits per heavy atom. The molecule has 6 nitrogen and oxygen atoms in total. The predicted octanol–water partition coefficient (Wildman–Crippen LogP) is 2.59. The number of piperidine rings is 1. The summed E-state index contributed by atoms with van der Waals surface area (Å²) in [4.78, 5) is 11.7. The number of carbonyl (C=O) groups excluding carboxylic acids is 1. The highest BCUT2D eigenvalue weighted by atomic mass is 35.5. The van der Waals surface area contributed by atoms with Crippen LogP contribution in [0.15, 0.2) is 41.3 Å². The van der Waals surface area contributed by atoms with E-state index in [1.54, 1.807) is 25.2 Å². The van der Waals surface area contributed by atoms with Crippen molar-refractivity contribution in [2.45, 2.75) is 30.7 Å². The number of nitrogens with zero attached hydrogens (tertiary/aromatic N) is 1. The maximum Gasteiger partial charge on any atom is 0.243 e. The standard InChI is InChI=1S/C18H23N3O3S.ClH/c1-13(22)20-17-7-8-18(16-6-4-3-5-15(16)17)25(23,24)21(2)14-9-11-19-12-10-14;/h3-8,14,19H,9-12H2,1-2H3,(H,20,22);1H. The van der Waals surface area contributed by atoms with Crippen LogP contribution in [0.1, 0.15) is 19.8 Å². The zero-order valence-electron chi connectivity index (χ0n) is 14.9. The zero-order valence-corrected chi connectivity index (χ0v) is 16.5. The third-order valence-electron chi connectivity index (χ3n) is 4.67. The van der Waals surface area contributed by atoms with Crippen LogP contribution in [0.25, 0.3) is 10.8 Å². The van der Waals surface area contributed by atoms with Crippen LogP contribution in [0, 0.1) is 0 Å². The average Bonchev–Trinajstić information content (AvgIpc) is 2.61. The van der Waals surface area contributed by atoms with Gasteiger partial charge in [0, 0.05) is 36.5 Å². The van der Waals surface area contributed by atoms with E-state index in [1.165, 1.54) is 11.2 Å². The molecule has 1 fully saturated rings. The lowest BCUT2D eigenvalue weighted by Gasteiger charge is -2.31. The van der Waals surface area contributed by atoms with Crippen molar-refractivity contribution < 1.29 is 13.2 Å². The fraction of sp³-hybridized carbons (Fsp3) is 0.389. The van der Waals surface area contributed by atoms with Gasteiger partial charge in [0.2, 0.25) is 15.9 Å². The van der Waals surface area contributed by atoms with Crippen molar-refractivity contribution in [3.8, 4) is 0 Å². The normalized spacial score (nSPS) is 15.7. The van der Waals surface area contributed by atoms with E-state index in [0.717, 1.165) is 31.3 Å². The van der Waals surface area contributed by atoms with Crippen LogP contribution in [0.4, 0.5) is 5.69 Å². The lowest BCUT2D eigenvalue weighted by Crippen LogP contribution is -2.43. The Balaban J connectivity index is 0.00000243. The van der Waals surface area contributed by atoms with Gasteiger partial charge in [-0.25, -0.2) is 8.42 Å². The molecule has 1 heterocycles. The summed E-state index contributed by atoms with van der Waals surface area (Å²) in [5, 5.41) is 7.36. The number of fused-ring (bicyclic) bond motifs is 1. The van der Waals surface area contributed by atoms with Crippen molar-refractivity contribution in [2.75, 3.05) is 25.5 Å². The van der Waals surface area contributed by atoms with E-state index in [1.807, 2.05) is 18.2 Å². The lowest BCUT2D eigenvalue weighted by molar-refractivity contribution is -0.114. The Bertz CT molecular complexity index is 896. The lowest BCUT2D eigenvalue weighted by atomic mass is 10.1. The monoisotopic (exact) mass is 397 g/mol. The molecule has 0 aliphatic carbocycles. The highest BCUT2D eigenvalue weighted by Gasteiger charge is 2.30. The van der Waals surface area contributed by atoms with E-state index in [0.29, 0.717) is 11.1 Å². The Labute approximate surface area is 160 Å². The van der Waals surface area contributed by atoms with E-state index in [2.05, 4.69) is 10.6 Å². The van der Waals surface area contributed by atoms with Gasteiger partial charge in [0.1, 0.15) is 0 Å². The molecule has 0 aromatic heterocycles. The molecule has 3 rings (SSSR count). The number of halogens is 1. The summed E-state index contributed by atoms with van der Waals surface area (Å²) in [5.41, 5.74) is 0.617. The number of rotatable bonds is 4. The van der Waals surface area contributed by atoms with Crippen molar-refractivity contribution in [1.82, 2.24) is 9.62 Å². The molecule has 0 saturated carbocycles. The molecule has 1 saturated heterocycles. The second-order valence-electron chi connectivity index (χ2n) is 6.34. The number of sulfonamides is 1. The van der Waals surface area contributed by atoms with E-state index >= 15 is 0 Å². The van der Waals surface area contributed by atoms with E-state index in [4.69, 9.17) is 0 Å². The molecular formula is C18H24ClN3O3S. The highest BCUT2D eigenvalue weighted by molar-refractivity contribution is 7.89. The van der Waals surface area contributed by atoms with Crippen LogP contribution in [0.5, 0.6) is 0 Å². The van der Waals surface area contributed by atoms with Gasteiger partial charge in [-0.1, -0.05) is 24.3 Å². The van der Waals surface area contributed by atoms with Gasteiger partial charge in [-0.05, 0) is 38.1 Å². The number of benzene rings is 2. The second-order valence-corrected chi connectivity index (χ2v) is 8.31. The SMILES string of the molecule is CC(=O)Nc1ccc(S(=O)(=O)N(C)C2CCNCC2)c2ccccc12.Cl. The molecule has 1 aliphatic heterocycles. The number of nitrogens with one attached hydrogen (secondary N) is 2. The van der Waals surface area contributed by atoms with Gasteiger partial charge in [0.15, 0.2) is 0 Å². The Kier molecular flexibility index (Phi) is 6.63. The minimum atomic E-state index is -3.62. The summed E-state index contributed by atoms with van der Waals surface area (Å²) in [6.07, 6.45) is 1.61. The molecule has 26 heavy (non-hydrogen) atoms. The molecule has 8 heteroatoms. The average molecular weight is 398 g/mol. The van der Waals surface area contributed by atoms with E-state index in [9.17, 15) is 13.2 Å². The van der Waals surface area contributed by atoms with Crippen molar-refractivity contribution in [3.63, 3.8) is 0 Å². The fourth-order valence-electron chi connectivity index (χ4n) is 3.32. The quantitative estimate of drug-likeness (QED) is 0.831. The summed E-state index contributed by atoms with van der Waals surface area (Å²) in [7, 11) is -1.96. The third kappa shape index (κ3) is 4.01. The minimum Gasteiger partial charge on any atom is -0.326 e. The van der Waals surface area contributed by atoms with Crippen molar-refractivity contribution >= 4 is 44.8 Å². The highest BCUT2D eigenvalue weighted by Crippen LogP contribution is 2.32. The molecule has 0 spiro atoms. The summed E-state index contributed by atoms with van der Waals surface area (Å²) in [6.45, 7) is 3.09. The molecule has 0 radical (unpaired) electrons. The van der Waals surface area contributed by atoms with Gasteiger partial charge in [0.25, 0.3) is 0 Å². The predicted molar refractivity (Wildman–Crippen MR) is 106 cm³/mol. The molecule has 0 unspecified atom stereocenters. The van der Waals surface area contributed by atoms with Crippen molar-refractivity contribution in [2.24, 2.45) is 0 Å². The van der Waals surface area contributed by atoms with Crippen LogP contribution >= 0.6 is 12.4 Å². The second kappa shape index (κ2) is 8.35. The maximum absolute atomic E-state index is 13.2. The molecule has 0 atom stereocenters. The molecule has 1 amide bonds. The minimum absolute atomic E-state index is 0. The summed E-state index contributed by atoms with van der Waals surface area (Å²) in [6, 6.07) is 10.5. The summed E-state index contributed by atoms with van der Waals surface area (Å²) in [5.74, 6) is -0.187. The van der Waals surface area contributed by atoms with Gasteiger partial charge in [-0.15, -0.1) is 12.4 Å². The van der Waals surface area contributed by atoms with E-state index < -0.39 is 10.0 Å². The fourth-order valence-corrected chi connectivity index (χ4v) is 4.93. The van der Waals surface area contributed by atoms with Gasteiger partial charge in [-0.2, -0.15) is 4.31 Å². The van der Waals surface area contributed by atoms with Crippen LogP contribution in [-0.2, 0) is 14.8 Å². The molecule has 2 aromatic rings. The number of hydrogen-bond acceptors (Lipinski definition) is 4. The van der Waals surface area contributed by atoms with E-state index in [-0.39, 0.29) is 29.3 Å². The van der Waals surface area contributed by atoms with Crippen LogP contribution in [0.3, 0.4) is 0 Å². The largest absolute Gasteiger partial charge is 0.326 e. The van der Waals surface area contributed by atoms with Crippen LogP contribution in [-0.4, -0.2) is 44.8 Å². The molecule has 0 bridgehead atoms. The first kappa shape index (κ1) is 20.6. The van der Waals surface area contributed by atoms with Crippen molar-refractivity contribution in [3.05, 3.63) is 36.4 Å². The number of hydrogen-bond donors (Lipinski definition) is 2. The first-order valence-corrected chi connectivity index (χ1v) is 9.83. The first-order chi connectivity index (χ1) is 11.9. The van der Waals surface area contributed by atoms with Gasteiger partial charge in [-0.3, -0.25) is 4.79 Å². The number of carbonyl (C=O) groups is 1.